The molecule has 1 heterocycles. The number of aryl methyl sites for hydroxylation is 1. The number of anilines is 1. The lowest BCUT2D eigenvalue weighted by Gasteiger charge is -2.14. The van der Waals surface area contributed by atoms with Crippen molar-refractivity contribution in [3.8, 4) is 0 Å². The number of hydrogen-bond donors (Lipinski definition) is 1. The predicted octanol–water partition coefficient (Wildman–Crippen LogP) is 0.816. The molecule has 0 unspecified atom stereocenters. The van der Waals surface area contributed by atoms with Crippen LogP contribution in [0.5, 0.6) is 0 Å². The van der Waals surface area contributed by atoms with E-state index in [0.29, 0.717) is 6.42 Å². The van der Waals surface area contributed by atoms with Crippen LogP contribution >= 0.6 is 0 Å². The van der Waals surface area contributed by atoms with E-state index >= 15 is 0 Å². The fraction of sp³-hybridized carbons (Fsp3) is 0.368. The van der Waals surface area contributed by atoms with Crippen LogP contribution in [-0.2, 0) is 29.5 Å². The van der Waals surface area contributed by atoms with E-state index in [1.807, 2.05) is 32.0 Å². The maximum atomic E-state index is 12.4. The molecule has 27 heavy (non-hydrogen) atoms. The van der Waals surface area contributed by atoms with E-state index in [9.17, 15) is 19.2 Å². The summed E-state index contributed by atoms with van der Waals surface area (Å²) in [5.74, 6) is -1.53. The van der Waals surface area contributed by atoms with Crippen molar-refractivity contribution in [2.75, 3.05) is 12.3 Å². The first-order valence-electron chi connectivity index (χ1n) is 8.60. The number of carbonyl (C=O) groups excluding carboxylic acids is 2. The third-order valence-electron chi connectivity index (χ3n) is 4.27. The van der Waals surface area contributed by atoms with Gasteiger partial charge in [-0.3, -0.25) is 23.5 Å². The summed E-state index contributed by atoms with van der Waals surface area (Å²) in [7, 11) is 1.28. The standard InChI is InChI=1S/C19H23N3O5/c1-4-9-22-17(20)16(18(25)21(3)19(22)26)14(23)11-27-15(24)10-13-8-6-5-7-12(13)2/h5-8H,4,9-11,20H2,1-3H3. The fourth-order valence-electron chi connectivity index (χ4n) is 2.72. The van der Waals surface area contributed by atoms with E-state index in [-0.39, 0.29) is 24.3 Å². The largest absolute Gasteiger partial charge is 0.457 e. The molecule has 8 heteroatoms. The Morgan fingerprint density at radius 1 is 1.19 bits per heavy atom. The molecular formula is C19H23N3O5. The summed E-state index contributed by atoms with van der Waals surface area (Å²) in [6, 6.07) is 7.33. The number of aromatic nitrogens is 2. The lowest BCUT2D eigenvalue weighted by molar-refractivity contribution is -0.141. The highest BCUT2D eigenvalue weighted by Gasteiger charge is 2.22. The molecule has 0 aliphatic rings. The van der Waals surface area contributed by atoms with Crippen LogP contribution in [-0.4, -0.2) is 27.5 Å². The Morgan fingerprint density at radius 2 is 1.85 bits per heavy atom. The Morgan fingerprint density at radius 3 is 2.48 bits per heavy atom. The number of nitrogens with two attached hydrogens (primary N) is 1. The van der Waals surface area contributed by atoms with Crippen LogP contribution in [0.4, 0.5) is 5.82 Å². The van der Waals surface area contributed by atoms with Crippen LogP contribution < -0.4 is 17.0 Å². The second kappa shape index (κ2) is 8.48. The lowest BCUT2D eigenvalue weighted by atomic mass is 10.1. The molecule has 2 rings (SSSR count). The Kier molecular flexibility index (Phi) is 6.33. The maximum absolute atomic E-state index is 12.4. The minimum absolute atomic E-state index is 0.0166. The highest BCUT2D eigenvalue weighted by Crippen LogP contribution is 2.10. The molecule has 0 amide bonds. The average Bonchev–Trinajstić information content (AvgIpc) is 2.64. The number of ketones is 1. The normalized spacial score (nSPS) is 10.6. The fourth-order valence-corrected chi connectivity index (χ4v) is 2.72. The Labute approximate surface area is 156 Å². The SMILES string of the molecule is CCCn1c(N)c(C(=O)COC(=O)Cc2ccccc2C)c(=O)n(C)c1=O. The Balaban J connectivity index is 2.19. The Bertz CT molecular complexity index is 988. The number of nitrogen functional groups attached to an aromatic ring is 1. The van der Waals surface area contributed by atoms with E-state index in [4.69, 9.17) is 10.5 Å². The molecule has 0 radical (unpaired) electrons. The summed E-state index contributed by atoms with van der Waals surface area (Å²) in [6.07, 6.45) is 0.615. The summed E-state index contributed by atoms with van der Waals surface area (Å²) in [5.41, 5.74) is 5.88. The van der Waals surface area contributed by atoms with Gasteiger partial charge in [0.25, 0.3) is 5.56 Å². The predicted molar refractivity (Wildman–Crippen MR) is 101 cm³/mol. The number of Topliss-reactive ketones (excluding diaryl/α,β-unsaturated/α-hetero) is 1. The van der Waals surface area contributed by atoms with Crippen molar-refractivity contribution in [3.63, 3.8) is 0 Å². The zero-order valence-corrected chi connectivity index (χ0v) is 15.7. The van der Waals surface area contributed by atoms with Crippen molar-refractivity contribution >= 4 is 17.6 Å². The van der Waals surface area contributed by atoms with Gasteiger partial charge in [0.1, 0.15) is 11.4 Å². The van der Waals surface area contributed by atoms with Crippen molar-refractivity contribution < 1.29 is 14.3 Å². The molecular weight excluding hydrogens is 350 g/mol. The molecule has 1 aromatic carbocycles. The van der Waals surface area contributed by atoms with Crippen molar-refractivity contribution in [2.45, 2.75) is 33.2 Å². The second-order valence-electron chi connectivity index (χ2n) is 6.25. The van der Waals surface area contributed by atoms with Crippen LogP contribution in [0, 0.1) is 6.92 Å². The molecule has 0 spiro atoms. The Hall–Kier alpha value is -3.16. The number of esters is 1. The first-order chi connectivity index (χ1) is 12.8. The van der Waals surface area contributed by atoms with Crippen LogP contribution in [0.25, 0.3) is 0 Å². The molecule has 0 aliphatic carbocycles. The smallest absolute Gasteiger partial charge is 0.332 e. The van der Waals surface area contributed by atoms with Crippen LogP contribution in [0.1, 0.15) is 34.8 Å². The molecule has 144 valence electrons. The van der Waals surface area contributed by atoms with Gasteiger partial charge in [-0.2, -0.15) is 0 Å². The zero-order chi connectivity index (χ0) is 20.1. The van der Waals surface area contributed by atoms with Crippen LogP contribution in [0.2, 0.25) is 0 Å². The summed E-state index contributed by atoms with van der Waals surface area (Å²) in [5, 5.41) is 0. The van der Waals surface area contributed by atoms with Crippen molar-refractivity contribution in [3.05, 3.63) is 61.8 Å². The highest BCUT2D eigenvalue weighted by molar-refractivity contribution is 6.01. The van der Waals surface area contributed by atoms with Gasteiger partial charge in [-0.15, -0.1) is 0 Å². The average molecular weight is 373 g/mol. The van der Waals surface area contributed by atoms with Gasteiger partial charge < -0.3 is 10.5 Å². The number of hydrogen-bond acceptors (Lipinski definition) is 6. The van der Waals surface area contributed by atoms with Crippen molar-refractivity contribution in [1.29, 1.82) is 0 Å². The van der Waals surface area contributed by atoms with E-state index in [0.717, 1.165) is 15.7 Å². The summed E-state index contributed by atoms with van der Waals surface area (Å²) in [6.45, 7) is 3.36. The quantitative estimate of drug-likeness (QED) is 0.568. The minimum Gasteiger partial charge on any atom is -0.457 e. The molecule has 2 N–H and O–H groups in total. The number of rotatable bonds is 7. The molecule has 0 aliphatic heterocycles. The number of benzene rings is 1. The maximum Gasteiger partial charge on any atom is 0.332 e. The van der Waals surface area contributed by atoms with Gasteiger partial charge in [0.05, 0.1) is 6.42 Å². The van der Waals surface area contributed by atoms with Crippen molar-refractivity contribution in [1.82, 2.24) is 9.13 Å². The molecule has 0 fully saturated rings. The van der Waals surface area contributed by atoms with Gasteiger partial charge in [0, 0.05) is 13.6 Å². The van der Waals surface area contributed by atoms with E-state index in [2.05, 4.69) is 0 Å². The lowest BCUT2D eigenvalue weighted by Crippen LogP contribution is -2.43. The van der Waals surface area contributed by atoms with Crippen molar-refractivity contribution in [2.24, 2.45) is 7.05 Å². The van der Waals surface area contributed by atoms with Gasteiger partial charge in [-0.05, 0) is 24.5 Å². The first kappa shape index (κ1) is 20.2. The molecule has 8 nitrogen and oxygen atoms in total. The summed E-state index contributed by atoms with van der Waals surface area (Å²) < 4.78 is 7.02. The van der Waals surface area contributed by atoms with Crippen LogP contribution in [0.15, 0.2) is 33.9 Å². The molecule has 0 bridgehead atoms. The third-order valence-corrected chi connectivity index (χ3v) is 4.27. The van der Waals surface area contributed by atoms with Gasteiger partial charge in [-0.25, -0.2) is 4.79 Å². The molecule has 0 atom stereocenters. The molecule has 1 aromatic heterocycles. The molecule has 0 saturated heterocycles. The molecule has 2 aromatic rings. The summed E-state index contributed by atoms with van der Waals surface area (Å²) in [4.78, 5) is 48.9. The first-order valence-corrected chi connectivity index (χ1v) is 8.60. The molecule has 0 saturated carbocycles. The highest BCUT2D eigenvalue weighted by atomic mass is 16.5. The van der Waals surface area contributed by atoms with Crippen LogP contribution in [0.3, 0.4) is 0 Å². The van der Waals surface area contributed by atoms with E-state index in [1.54, 1.807) is 6.07 Å². The number of carbonyl (C=O) groups is 2. The van der Waals surface area contributed by atoms with Gasteiger partial charge in [0.15, 0.2) is 6.61 Å². The van der Waals surface area contributed by atoms with E-state index < -0.39 is 29.6 Å². The second-order valence-corrected chi connectivity index (χ2v) is 6.25. The van der Waals surface area contributed by atoms with Gasteiger partial charge >= 0.3 is 11.7 Å². The van der Waals surface area contributed by atoms with Gasteiger partial charge in [-0.1, -0.05) is 31.2 Å². The number of ether oxygens (including phenoxy) is 1. The third kappa shape index (κ3) is 4.33. The summed E-state index contributed by atoms with van der Waals surface area (Å²) >= 11 is 0. The van der Waals surface area contributed by atoms with E-state index in [1.165, 1.54) is 11.6 Å². The zero-order valence-electron chi connectivity index (χ0n) is 15.7. The van der Waals surface area contributed by atoms with Gasteiger partial charge in [0.2, 0.25) is 5.78 Å². The minimum atomic E-state index is -0.801. The monoisotopic (exact) mass is 373 g/mol. The number of nitrogens with zero attached hydrogens (tertiary/aromatic N) is 2. The topological polar surface area (TPSA) is 113 Å².